The molecule has 8 nitrogen and oxygen atoms in total. The van der Waals surface area contributed by atoms with Crippen LogP contribution in [0, 0.1) is 0 Å². The molecule has 1 atom stereocenters. The number of aromatic nitrogens is 3. The fraction of sp³-hybridized carbons (Fsp3) is 0.333. The van der Waals surface area contributed by atoms with E-state index in [1.807, 2.05) is 7.05 Å². The van der Waals surface area contributed by atoms with Gasteiger partial charge in [-0.2, -0.15) is 0 Å². The van der Waals surface area contributed by atoms with Crippen molar-refractivity contribution < 1.29 is 14.3 Å². The average Bonchev–Trinajstić information content (AvgIpc) is 3.43. The number of nitrogens with one attached hydrogen (secondary N) is 1. The lowest BCUT2D eigenvalue weighted by Gasteiger charge is -2.12. The largest absolute Gasteiger partial charge is 0.486 e. The number of aryl methyl sites for hydroxylation is 1. The fourth-order valence-corrected chi connectivity index (χ4v) is 5.69. The van der Waals surface area contributed by atoms with Gasteiger partial charge in [-0.25, -0.2) is 0 Å². The molecule has 2 amide bonds. The third-order valence-electron chi connectivity index (χ3n) is 5.16. The van der Waals surface area contributed by atoms with Crippen LogP contribution in [0.15, 0.2) is 29.4 Å². The van der Waals surface area contributed by atoms with Gasteiger partial charge in [-0.3, -0.25) is 9.59 Å². The number of anilines is 1. The Morgan fingerprint density at radius 2 is 2.06 bits per heavy atom. The maximum atomic E-state index is 12.8. The van der Waals surface area contributed by atoms with Crippen molar-refractivity contribution in [3.05, 3.63) is 51.1 Å². The molecule has 0 saturated heterocycles. The van der Waals surface area contributed by atoms with Crippen LogP contribution in [-0.2, 0) is 31.3 Å². The number of hydrogen-bond donors (Lipinski definition) is 2. The number of nitrogens with two attached hydrogens (primary N) is 1. The van der Waals surface area contributed by atoms with Gasteiger partial charge >= 0.3 is 0 Å². The molecule has 0 saturated carbocycles. The molecule has 1 aliphatic carbocycles. The van der Waals surface area contributed by atoms with Crippen molar-refractivity contribution in [3.8, 4) is 5.75 Å². The molecule has 0 radical (unpaired) electrons. The molecule has 0 aliphatic heterocycles. The number of ether oxygens (including phenoxy) is 1. The van der Waals surface area contributed by atoms with Gasteiger partial charge in [-0.15, -0.1) is 21.5 Å². The number of rotatable bonds is 8. The molecule has 1 aliphatic rings. The van der Waals surface area contributed by atoms with E-state index in [9.17, 15) is 9.59 Å². The van der Waals surface area contributed by atoms with E-state index >= 15 is 0 Å². The third-order valence-corrected chi connectivity index (χ3v) is 7.76. The van der Waals surface area contributed by atoms with E-state index in [-0.39, 0.29) is 12.5 Å². The van der Waals surface area contributed by atoms with Gasteiger partial charge in [0, 0.05) is 16.9 Å². The van der Waals surface area contributed by atoms with Crippen LogP contribution in [0.2, 0.25) is 5.02 Å². The van der Waals surface area contributed by atoms with Crippen molar-refractivity contribution in [1.29, 1.82) is 0 Å². The second-order valence-electron chi connectivity index (χ2n) is 7.38. The molecule has 3 N–H and O–H groups in total. The standard InChI is InChI=1S/C21H22ClN5O3S2/c1-11(19(29)24-20-17(18(23)28)14-4-3-5-15(14)32-20)31-21-26-25-16(27(21)2)10-30-13-8-6-12(22)7-9-13/h6-9,11H,3-5,10H2,1-2H3,(H2,23,28)(H,24,29)/t11-/m1/s1. The van der Waals surface area contributed by atoms with Crippen LogP contribution in [0.25, 0.3) is 0 Å². The minimum atomic E-state index is -0.501. The highest BCUT2D eigenvalue weighted by molar-refractivity contribution is 8.00. The zero-order chi connectivity index (χ0) is 22.8. The first-order valence-electron chi connectivity index (χ1n) is 10.0. The number of amides is 2. The highest BCUT2D eigenvalue weighted by atomic mass is 35.5. The maximum absolute atomic E-state index is 12.8. The van der Waals surface area contributed by atoms with E-state index in [1.165, 1.54) is 23.1 Å². The molecule has 32 heavy (non-hydrogen) atoms. The summed E-state index contributed by atoms with van der Waals surface area (Å²) in [6.45, 7) is 2.01. The number of fused-ring (bicyclic) bond motifs is 1. The van der Waals surface area contributed by atoms with Crippen LogP contribution < -0.4 is 15.8 Å². The van der Waals surface area contributed by atoms with Crippen LogP contribution in [0.3, 0.4) is 0 Å². The number of thioether (sulfide) groups is 1. The Labute approximate surface area is 198 Å². The van der Waals surface area contributed by atoms with Gasteiger partial charge < -0.3 is 20.4 Å². The molecular weight excluding hydrogens is 470 g/mol. The summed E-state index contributed by atoms with van der Waals surface area (Å²) in [7, 11) is 1.82. The summed E-state index contributed by atoms with van der Waals surface area (Å²) in [6.07, 6.45) is 2.75. The molecular formula is C21H22ClN5O3S2. The van der Waals surface area contributed by atoms with Crippen molar-refractivity contribution in [2.24, 2.45) is 12.8 Å². The summed E-state index contributed by atoms with van der Waals surface area (Å²) >= 11 is 8.61. The third kappa shape index (κ3) is 4.77. The van der Waals surface area contributed by atoms with Gasteiger partial charge in [-0.1, -0.05) is 23.4 Å². The molecule has 0 bridgehead atoms. The number of nitrogens with zero attached hydrogens (tertiary/aromatic N) is 3. The smallest absolute Gasteiger partial charge is 0.251 e. The number of primary amides is 1. The molecule has 3 aromatic rings. The fourth-order valence-electron chi connectivity index (χ4n) is 3.43. The van der Waals surface area contributed by atoms with Crippen LogP contribution in [0.5, 0.6) is 5.75 Å². The number of hydrogen-bond acceptors (Lipinski definition) is 7. The Balaban J connectivity index is 1.39. The number of benzene rings is 1. The Kier molecular flexibility index (Phi) is 6.73. The molecule has 0 spiro atoms. The Morgan fingerprint density at radius 3 is 2.78 bits per heavy atom. The molecule has 0 fully saturated rings. The van der Waals surface area contributed by atoms with Gasteiger partial charge in [0.2, 0.25) is 5.91 Å². The van der Waals surface area contributed by atoms with E-state index in [1.54, 1.807) is 35.8 Å². The Bertz CT molecular complexity index is 1160. The second kappa shape index (κ2) is 9.51. The molecule has 4 rings (SSSR count). The molecule has 1 aromatic carbocycles. The van der Waals surface area contributed by atoms with Crippen LogP contribution in [-0.4, -0.2) is 31.8 Å². The lowest BCUT2D eigenvalue weighted by atomic mass is 10.1. The number of thiophene rings is 1. The van der Waals surface area contributed by atoms with Crippen molar-refractivity contribution >= 4 is 51.5 Å². The summed E-state index contributed by atoms with van der Waals surface area (Å²) in [5.41, 5.74) is 7.01. The normalized spacial score (nSPS) is 13.6. The van der Waals surface area contributed by atoms with E-state index in [0.717, 1.165) is 29.7 Å². The molecule has 2 aromatic heterocycles. The lowest BCUT2D eigenvalue weighted by Crippen LogP contribution is -2.24. The highest BCUT2D eigenvalue weighted by Gasteiger charge is 2.27. The molecule has 168 valence electrons. The van der Waals surface area contributed by atoms with Gasteiger partial charge in [0.1, 0.15) is 17.4 Å². The quantitative estimate of drug-likeness (QED) is 0.463. The van der Waals surface area contributed by atoms with Crippen LogP contribution in [0.4, 0.5) is 5.00 Å². The second-order valence-corrected chi connectivity index (χ2v) is 10.2. The van der Waals surface area contributed by atoms with Crippen LogP contribution in [0.1, 0.15) is 40.0 Å². The van der Waals surface area contributed by atoms with Gasteiger partial charge in [0.15, 0.2) is 11.0 Å². The maximum Gasteiger partial charge on any atom is 0.251 e. The van der Waals surface area contributed by atoms with Crippen LogP contribution >= 0.6 is 34.7 Å². The summed E-state index contributed by atoms with van der Waals surface area (Å²) in [6, 6.07) is 7.06. The van der Waals surface area contributed by atoms with E-state index in [0.29, 0.717) is 32.3 Å². The van der Waals surface area contributed by atoms with E-state index in [4.69, 9.17) is 22.1 Å². The average molecular weight is 492 g/mol. The number of carbonyl (C=O) groups is 2. The van der Waals surface area contributed by atoms with E-state index in [2.05, 4.69) is 15.5 Å². The lowest BCUT2D eigenvalue weighted by molar-refractivity contribution is -0.115. The minimum absolute atomic E-state index is 0.223. The highest BCUT2D eigenvalue weighted by Crippen LogP contribution is 2.39. The zero-order valence-electron chi connectivity index (χ0n) is 17.6. The van der Waals surface area contributed by atoms with Crippen molar-refractivity contribution in [3.63, 3.8) is 0 Å². The van der Waals surface area contributed by atoms with Gasteiger partial charge in [0.25, 0.3) is 5.91 Å². The molecule has 0 unspecified atom stereocenters. The Morgan fingerprint density at radius 1 is 1.31 bits per heavy atom. The summed E-state index contributed by atoms with van der Waals surface area (Å²) in [4.78, 5) is 25.9. The predicted octanol–water partition coefficient (Wildman–Crippen LogP) is 3.82. The predicted molar refractivity (Wildman–Crippen MR) is 126 cm³/mol. The van der Waals surface area contributed by atoms with Crippen molar-refractivity contribution in [2.45, 2.75) is 43.2 Å². The zero-order valence-corrected chi connectivity index (χ0v) is 19.9. The van der Waals surface area contributed by atoms with Crippen molar-refractivity contribution in [1.82, 2.24) is 14.8 Å². The minimum Gasteiger partial charge on any atom is -0.486 e. The number of halogens is 1. The molecule has 2 heterocycles. The Hall–Kier alpha value is -2.56. The summed E-state index contributed by atoms with van der Waals surface area (Å²) in [5.74, 6) is 0.575. The first-order valence-corrected chi connectivity index (χ1v) is 12.1. The summed E-state index contributed by atoms with van der Waals surface area (Å²) < 4.78 is 7.52. The van der Waals surface area contributed by atoms with Gasteiger partial charge in [-0.05, 0) is 56.0 Å². The summed E-state index contributed by atoms with van der Waals surface area (Å²) in [5, 5.41) is 12.5. The first-order chi connectivity index (χ1) is 15.3. The van der Waals surface area contributed by atoms with E-state index < -0.39 is 11.2 Å². The first kappa shape index (κ1) is 22.6. The SMILES string of the molecule is C[C@@H](Sc1nnc(COc2ccc(Cl)cc2)n1C)C(=O)Nc1sc2c(c1C(N)=O)CCC2. The van der Waals surface area contributed by atoms with Crippen molar-refractivity contribution in [2.75, 3.05) is 5.32 Å². The molecule has 11 heteroatoms. The van der Waals surface area contributed by atoms with Gasteiger partial charge in [0.05, 0.1) is 10.8 Å². The number of carbonyl (C=O) groups excluding carboxylic acids is 2. The monoisotopic (exact) mass is 491 g/mol. The topological polar surface area (TPSA) is 112 Å².